The lowest BCUT2D eigenvalue weighted by molar-refractivity contribution is 0.0474. The number of esters is 2. The standard InChI is InChI=1S/C18H15FO6/c1-23-16-8-7-13(9-14(16)19)15(20)10-25-18(22)12-5-3-11(4-6-12)17(21)24-2/h3-9H,10H2,1-2H3. The zero-order valence-corrected chi connectivity index (χ0v) is 13.6. The summed E-state index contributed by atoms with van der Waals surface area (Å²) in [6.07, 6.45) is 0. The lowest BCUT2D eigenvalue weighted by Gasteiger charge is -2.06. The van der Waals surface area contributed by atoms with Gasteiger partial charge in [0, 0.05) is 5.56 Å². The van der Waals surface area contributed by atoms with Crippen LogP contribution in [0.3, 0.4) is 0 Å². The second kappa shape index (κ2) is 8.05. The van der Waals surface area contributed by atoms with E-state index in [1.165, 1.54) is 50.6 Å². The van der Waals surface area contributed by atoms with Gasteiger partial charge in [-0.1, -0.05) is 0 Å². The Labute approximate surface area is 143 Å². The van der Waals surface area contributed by atoms with E-state index in [-0.39, 0.29) is 22.4 Å². The minimum Gasteiger partial charge on any atom is -0.494 e. The third-order valence-corrected chi connectivity index (χ3v) is 3.35. The van der Waals surface area contributed by atoms with E-state index in [9.17, 15) is 18.8 Å². The molecule has 0 aromatic heterocycles. The first kappa shape index (κ1) is 18.1. The predicted molar refractivity (Wildman–Crippen MR) is 85.3 cm³/mol. The molecular weight excluding hydrogens is 331 g/mol. The molecule has 2 aromatic rings. The summed E-state index contributed by atoms with van der Waals surface area (Å²) < 4.78 is 27.8. The number of ether oxygens (including phenoxy) is 3. The molecule has 0 amide bonds. The molecular formula is C18H15FO6. The molecule has 0 saturated heterocycles. The van der Waals surface area contributed by atoms with Crippen LogP contribution in [0.4, 0.5) is 4.39 Å². The molecule has 0 aliphatic heterocycles. The van der Waals surface area contributed by atoms with E-state index in [0.29, 0.717) is 0 Å². The highest BCUT2D eigenvalue weighted by Gasteiger charge is 2.14. The van der Waals surface area contributed by atoms with Gasteiger partial charge >= 0.3 is 11.9 Å². The molecule has 0 spiro atoms. The van der Waals surface area contributed by atoms with Gasteiger partial charge in [0.25, 0.3) is 0 Å². The summed E-state index contributed by atoms with van der Waals surface area (Å²) in [6.45, 7) is -0.538. The molecule has 130 valence electrons. The van der Waals surface area contributed by atoms with Gasteiger partial charge in [0.05, 0.1) is 25.3 Å². The van der Waals surface area contributed by atoms with Crippen molar-refractivity contribution < 1.29 is 33.0 Å². The highest BCUT2D eigenvalue weighted by molar-refractivity contribution is 5.99. The average molecular weight is 346 g/mol. The molecule has 2 rings (SSSR count). The predicted octanol–water partition coefficient (Wildman–Crippen LogP) is 2.66. The first-order valence-electron chi connectivity index (χ1n) is 7.18. The van der Waals surface area contributed by atoms with E-state index in [1.807, 2.05) is 0 Å². The van der Waals surface area contributed by atoms with Crippen LogP contribution in [-0.2, 0) is 9.47 Å². The SMILES string of the molecule is COC(=O)c1ccc(C(=O)OCC(=O)c2ccc(OC)c(F)c2)cc1. The van der Waals surface area contributed by atoms with Crippen LogP contribution in [0.15, 0.2) is 42.5 Å². The zero-order chi connectivity index (χ0) is 18.4. The number of methoxy groups -OCH3 is 2. The Morgan fingerprint density at radius 2 is 1.44 bits per heavy atom. The fourth-order valence-corrected chi connectivity index (χ4v) is 2.00. The largest absolute Gasteiger partial charge is 0.494 e. The van der Waals surface area contributed by atoms with Crippen LogP contribution >= 0.6 is 0 Å². The van der Waals surface area contributed by atoms with E-state index in [1.54, 1.807) is 0 Å². The van der Waals surface area contributed by atoms with Gasteiger partial charge < -0.3 is 14.2 Å². The van der Waals surface area contributed by atoms with Gasteiger partial charge in [-0.15, -0.1) is 0 Å². The summed E-state index contributed by atoms with van der Waals surface area (Å²) >= 11 is 0. The second-order valence-corrected chi connectivity index (χ2v) is 4.92. The smallest absolute Gasteiger partial charge is 0.338 e. The van der Waals surface area contributed by atoms with E-state index >= 15 is 0 Å². The summed E-state index contributed by atoms with van der Waals surface area (Å²) in [5.41, 5.74) is 0.511. The zero-order valence-electron chi connectivity index (χ0n) is 13.6. The molecule has 6 nitrogen and oxygen atoms in total. The molecule has 0 radical (unpaired) electrons. The van der Waals surface area contributed by atoms with Crippen LogP contribution in [0.1, 0.15) is 31.1 Å². The molecule has 0 bridgehead atoms. The summed E-state index contributed by atoms with van der Waals surface area (Å²) in [4.78, 5) is 35.2. The maximum Gasteiger partial charge on any atom is 0.338 e. The van der Waals surface area contributed by atoms with Crippen LogP contribution < -0.4 is 4.74 Å². The highest BCUT2D eigenvalue weighted by atomic mass is 19.1. The van der Waals surface area contributed by atoms with Gasteiger partial charge in [-0.05, 0) is 42.5 Å². The van der Waals surface area contributed by atoms with E-state index in [0.717, 1.165) is 6.07 Å². The maximum atomic E-state index is 13.6. The van der Waals surface area contributed by atoms with Crippen molar-refractivity contribution >= 4 is 17.7 Å². The number of hydrogen-bond acceptors (Lipinski definition) is 6. The number of Topliss-reactive ketones (excluding diaryl/α,β-unsaturated/α-hetero) is 1. The molecule has 0 heterocycles. The Morgan fingerprint density at radius 1 is 0.880 bits per heavy atom. The number of hydrogen-bond donors (Lipinski definition) is 0. The summed E-state index contributed by atoms with van der Waals surface area (Å²) in [5, 5.41) is 0. The third-order valence-electron chi connectivity index (χ3n) is 3.35. The van der Waals surface area contributed by atoms with Crippen molar-refractivity contribution in [3.63, 3.8) is 0 Å². The van der Waals surface area contributed by atoms with Crippen molar-refractivity contribution in [3.8, 4) is 5.75 Å². The number of rotatable bonds is 6. The Hall–Kier alpha value is -3.22. The molecule has 0 aliphatic rings. The molecule has 0 fully saturated rings. The first-order valence-corrected chi connectivity index (χ1v) is 7.18. The maximum absolute atomic E-state index is 13.6. The summed E-state index contributed by atoms with van der Waals surface area (Å²) in [7, 11) is 2.56. The average Bonchev–Trinajstić information content (AvgIpc) is 2.65. The fourth-order valence-electron chi connectivity index (χ4n) is 2.00. The topological polar surface area (TPSA) is 78.9 Å². The minimum atomic E-state index is -0.737. The summed E-state index contributed by atoms with van der Waals surface area (Å²) in [5.74, 6) is -2.49. The Balaban J connectivity index is 1.98. The third kappa shape index (κ3) is 4.41. The van der Waals surface area contributed by atoms with Gasteiger partial charge in [-0.2, -0.15) is 0 Å². The van der Waals surface area contributed by atoms with Crippen molar-refractivity contribution in [2.75, 3.05) is 20.8 Å². The lowest BCUT2D eigenvalue weighted by Crippen LogP contribution is -2.14. The Bertz CT molecular complexity index is 798. The van der Waals surface area contributed by atoms with Crippen molar-refractivity contribution in [3.05, 3.63) is 65.0 Å². The van der Waals surface area contributed by atoms with Crippen molar-refractivity contribution in [1.82, 2.24) is 0 Å². The molecule has 0 atom stereocenters. The lowest BCUT2D eigenvalue weighted by atomic mass is 10.1. The quantitative estimate of drug-likeness (QED) is 0.591. The van der Waals surface area contributed by atoms with E-state index in [2.05, 4.69) is 4.74 Å². The molecule has 2 aromatic carbocycles. The molecule has 0 N–H and O–H groups in total. The first-order chi connectivity index (χ1) is 12.0. The minimum absolute atomic E-state index is 0.0132. The molecule has 0 unspecified atom stereocenters. The van der Waals surface area contributed by atoms with Gasteiger partial charge in [0.15, 0.2) is 24.0 Å². The second-order valence-electron chi connectivity index (χ2n) is 4.92. The number of carbonyl (C=O) groups excluding carboxylic acids is 3. The monoisotopic (exact) mass is 346 g/mol. The number of benzene rings is 2. The van der Waals surface area contributed by atoms with Crippen molar-refractivity contribution in [2.45, 2.75) is 0 Å². The van der Waals surface area contributed by atoms with Gasteiger partial charge in [0.1, 0.15) is 0 Å². The van der Waals surface area contributed by atoms with Crippen LogP contribution in [0.5, 0.6) is 5.75 Å². The summed E-state index contributed by atoms with van der Waals surface area (Å²) in [6, 6.07) is 9.28. The van der Waals surface area contributed by atoms with Crippen LogP contribution in [0.25, 0.3) is 0 Å². The molecule has 25 heavy (non-hydrogen) atoms. The fraction of sp³-hybridized carbons (Fsp3) is 0.167. The van der Waals surface area contributed by atoms with Crippen molar-refractivity contribution in [2.24, 2.45) is 0 Å². The van der Waals surface area contributed by atoms with E-state index in [4.69, 9.17) is 9.47 Å². The molecule has 0 aliphatic carbocycles. The van der Waals surface area contributed by atoms with E-state index < -0.39 is 30.1 Å². The number of carbonyl (C=O) groups is 3. The Morgan fingerprint density at radius 3 is 1.96 bits per heavy atom. The van der Waals surface area contributed by atoms with Crippen LogP contribution in [-0.4, -0.2) is 38.5 Å². The normalized spacial score (nSPS) is 10.0. The van der Waals surface area contributed by atoms with Crippen LogP contribution in [0.2, 0.25) is 0 Å². The highest BCUT2D eigenvalue weighted by Crippen LogP contribution is 2.18. The van der Waals surface area contributed by atoms with Crippen molar-refractivity contribution in [1.29, 1.82) is 0 Å². The van der Waals surface area contributed by atoms with Crippen LogP contribution in [0, 0.1) is 5.82 Å². The van der Waals surface area contributed by atoms with Gasteiger partial charge in [-0.25, -0.2) is 14.0 Å². The number of ketones is 1. The number of halogens is 1. The molecule has 0 saturated carbocycles. The van der Waals surface area contributed by atoms with Gasteiger partial charge in [0.2, 0.25) is 0 Å². The van der Waals surface area contributed by atoms with Gasteiger partial charge in [-0.3, -0.25) is 4.79 Å². The Kier molecular flexibility index (Phi) is 5.84. The molecule has 7 heteroatoms.